The Hall–Kier alpha value is -2.22. The Labute approximate surface area is 161 Å². The van der Waals surface area contributed by atoms with E-state index >= 15 is 0 Å². The fourth-order valence-electron chi connectivity index (χ4n) is 3.06. The largest absolute Gasteiger partial charge is 0.367 e. The summed E-state index contributed by atoms with van der Waals surface area (Å²) in [5, 5.41) is 8.22. The number of nitrogens with zero attached hydrogens (tertiary/aromatic N) is 2. The molecule has 0 saturated carbocycles. The van der Waals surface area contributed by atoms with E-state index in [1.807, 2.05) is 5.38 Å². The Morgan fingerprint density at radius 3 is 2.52 bits per heavy atom. The molecular weight excluding hydrogens is 370 g/mol. The van der Waals surface area contributed by atoms with Crippen LogP contribution in [-0.2, 0) is 6.42 Å². The van der Waals surface area contributed by atoms with E-state index in [0.717, 1.165) is 35.7 Å². The van der Waals surface area contributed by atoms with Crippen molar-refractivity contribution in [3.63, 3.8) is 0 Å². The summed E-state index contributed by atoms with van der Waals surface area (Å²) in [6.45, 7) is 5.86. The SMILES string of the molecule is CC(C)c1nc(CCNC(=O)Nc2cc(F)c(N3CCCC3)c(F)c2)cs1. The van der Waals surface area contributed by atoms with E-state index in [-0.39, 0.29) is 11.4 Å². The van der Waals surface area contributed by atoms with Crippen molar-refractivity contribution in [3.8, 4) is 0 Å². The van der Waals surface area contributed by atoms with Crippen molar-refractivity contribution < 1.29 is 13.6 Å². The summed E-state index contributed by atoms with van der Waals surface area (Å²) in [7, 11) is 0. The second-order valence-corrected chi connectivity index (χ2v) is 7.84. The fourth-order valence-corrected chi connectivity index (χ4v) is 3.93. The minimum atomic E-state index is -0.657. The molecule has 1 aromatic heterocycles. The molecule has 27 heavy (non-hydrogen) atoms. The van der Waals surface area contributed by atoms with Crippen LogP contribution in [0.1, 0.15) is 43.3 Å². The van der Waals surface area contributed by atoms with E-state index in [4.69, 9.17) is 0 Å². The molecule has 0 aliphatic carbocycles. The fraction of sp³-hybridized carbons (Fsp3) is 0.474. The number of nitrogens with one attached hydrogen (secondary N) is 2. The molecule has 0 atom stereocenters. The van der Waals surface area contributed by atoms with Gasteiger partial charge in [-0.15, -0.1) is 11.3 Å². The lowest BCUT2D eigenvalue weighted by Gasteiger charge is -2.19. The van der Waals surface area contributed by atoms with Crippen LogP contribution >= 0.6 is 11.3 Å². The first kappa shape index (κ1) is 19.5. The predicted molar refractivity (Wildman–Crippen MR) is 105 cm³/mol. The quantitative estimate of drug-likeness (QED) is 0.758. The first-order chi connectivity index (χ1) is 12.9. The van der Waals surface area contributed by atoms with Gasteiger partial charge < -0.3 is 15.5 Å². The van der Waals surface area contributed by atoms with Crippen molar-refractivity contribution in [2.45, 2.75) is 39.0 Å². The van der Waals surface area contributed by atoms with Crippen molar-refractivity contribution in [3.05, 3.63) is 39.8 Å². The number of amides is 2. The molecule has 1 aliphatic rings. The molecule has 1 fully saturated rings. The highest BCUT2D eigenvalue weighted by Gasteiger charge is 2.21. The van der Waals surface area contributed by atoms with Gasteiger partial charge in [0.15, 0.2) is 11.6 Å². The summed E-state index contributed by atoms with van der Waals surface area (Å²) in [4.78, 5) is 18.2. The molecule has 8 heteroatoms. The first-order valence-electron chi connectivity index (χ1n) is 9.17. The number of urea groups is 1. The molecule has 2 heterocycles. The number of hydrogen-bond acceptors (Lipinski definition) is 4. The van der Waals surface area contributed by atoms with Gasteiger partial charge in [0.05, 0.1) is 10.7 Å². The zero-order valence-electron chi connectivity index (χ0n) is 15.5. The summed E-state index contributed by atoms with van der Waals surface area (Å²) < 4.78 is 28.6. The lowest BCUT2D eigenvalue weighted by Crippen LogP contribution is -2.30. The van der Waals surface area contributed by atoms with Gasteiger partial charge in [-0.2, -0.15) is 0 Å². The van der Waals surface area contributed by atoms with Crippen molar-refractivity contribution in [1.29, 1.82) is 0 Å². The molecule has 3 rings (SSSR count). The van der Waals surface area contributed by atoms with Gasteiger partial charge in [-0.3, -0.25) is 0 Å². The van der Waals surface area contributed by atoms with Gasteiger partial charge in [-0.1, -0.05) is 13.8 Å². The summed E-state index contributed by atoms with van der Waals surface area (Å²) in [6, 6.07) is 1.82. The summed E-state index contributed by atoms with van der Waals surface area (Å²) in [5.74, 6) is -0.930. The lowest BCUT2D eigenvalue weighted by molar-refractivity contribution is 0.252. The van der Waals surface area contributed by atoms with Gasteiger partial charge in [0.2, 0.25) is 0 Å². The molecule has 146 valence electrons. The van der Waals surface area contributed by atoms with Crippen LogP contribution in [0.3, 0.4) is 0 Å². The molecule has 1 saturated heterocycles. The first-order valence-corrected chi connectivity index (χ1v) is 10.0. The normalized spacial score (nSPS) is 14.0. The zero-order valence-corrected chi connectivity index (χ0v) is 16.3. The van der Waals surface area contributed by atoms with Crippen LogP contribution in [-0.4, -0.2) is 30.6 Å². The maximum atomic E-state index is 14.3. The third kappa shape index (κ3) is 4.94. The maximum absolute atomic E-state index is 14.3. The molecular formula is C19H24F2N4OS. The van der Waals surface area contributed by atoms with E-state index in [1.165, 1.54) is 0 Å². The van der Waals surface area contributed by atoms with E-state index in [2.05, 4.69) is 29.5 Å². The third-order valence-electron chi connectivity index (χ3n) is 4.43. The predicted octanol–water partition coefficient (Wildman–Crippen LogP) is 4.51. The molecule has 2 amide bonds. The monoisotopic (exact) mass is 394 g/mol. The van der Waals surface area contributed by atoms with Gasteiger partial charge in [-0.25, -0.2) is 18.6 Å². The van der Waals surface area contributed by atoms with Gasteiger partial charge in [0.25, 0.3) is 0 Å². The number of thiazole rings is 1. The molecule has 2 N–H and O–H groups in total. The van der Waals surface area contributed by atoms with Gasteiger partial charge in [0, 0.05) is 43.0 Å². The lowest BCUT2D eigenvalue weighted by atomic mass is 10.2. The van der Waals surface area contributed by atoms with Crippen LogP contribution in [0.15, 0.2) is 17.5 Å². The smallest absolute Gasteiger partial charge is 0.319 e. The van der Waals surface area contributed by atoms with Crippen LogP contribution in [0, 0.1) is 11.6 Å². The second-order valence-electron chi connectivity index (χ2n) is 6.95. The van der Waals surface area contributed by atoms with Crippen molar-refractivity contribution >= 4 is 28.7 Å². The Kier molecular flexibility index (Phi) is 6.26. The van der Waals surface area contributed by atoms with Crippen molar-refractivity contribution in [2.75, 3.05) is 29.9 Å². The zero-order chi connectivity index (χ0) is 19.4. The average Bonchev–Trinajstić information content (AvgIpc) is 3.26. The second kappa shape index (κ2) is 8.65. The van der Waals surface area contributed by atoms with Crippen LogP contribution < -0.4 is 15.5 Å². The molecule has 1 aliphatic heterocycles. The maximum Gasteiger partial charge on any atom is 0.319 e. The number of hydrogen-bond donors (Lipinski definition) is 2. The number of aromatic nitrogens is 1. The third-order valence-corrected chi connectivity index (χ3v) is 5.62. The molecule has 0 spiro atoms. The Bertz CT molecular complexity index is 780. The number of carbonyl (C=O) groups is 1. The van der Waals surface area contributed by atoms with Crippen molar-refractivity contribution in [2.24, 2.45) is 0 Å². The highest BCUT2D eigenvalue weighted by Crippen LogP contribution is 2.29. The Morgan fingerprint density at radius 1 is 1.26 bits per heavy atom. The molecule has 5 nitrogen and oxygen atoms in total. The molecule has 0 bridgehead atoms. The van der Waals surface area contributed by atoms with Crippen LogP contribution in [0.2, 0.25) is 0 Å². The highest BCUT2D eigenvalue weighted by molar-refractivity contribution is 7.09. The number of benzene rings is 1. The summed E-state index contributed by atoms with van der Waals surface area (Å²) in [6.07, 6.45) is 2.46. The topological polar surface area (TPSA) is 57.3 Å². The average molecular weight is 394 g/mol. The van der Waals surface area contributed by atoms with Crippen molar-refractivity contribution in [1.82, 2.24) is 10.3 Å². The standard InChI is InChI=1S/C19H24F2N4OS/c1-12(2)18-23-13(11-27-18)5-6-22-19(26)24-14-9-15(20)17(16(21)10-14)25-7-3-4-8-25/h9-12H,3-8H2,1-2H3,(H2,22,24,26). The Morgan fingerprint density at radius 2 is 1.93 bits per heavy atom. The van der Waals surface area contributed by atoms with E-state index in [1.54, 1.807) is 16.2 Å². The van der Waals surface area contributed by atoms with Gasteiger partial charge in [-0.05, 0) is 25.0 Å². The Balaban J connectivity index is 1.52. The minimum Gasteiger partial charge on any atom is -0.367 e. The van der Waals surface area contributed by atoms with Gasteiger partial charge in [0.1, 0.15) is 5.69 Å². The number of halogens is 2. The van der Waals surface area contributed by atoms with E-state index in [0.29, 0.717) is 32.0 Å². The highest BCUT2D eigenvalue weighted by atomic mass is 32.1. The minimum absolute atomic E-state index is 0.0112. The van der Waals surface area contributed by atoms with E-state index in [9.17, 15) is 13.6 Å². The van der Waals surface area contributed by atoms with Crippen LogP contribution in [0.25, 0.3) is 0 Å². The molecule has 1 aromatic carbocycles. The van der Waals surface area contributed by atoms with Crippen LogP contribution in [0.5, 0.6) is 0 Å². The number of anilines is 2. The summed E-state index contributed by atoms with van der Waals surface area (Å²) >= 11 is 1.61. The van der Waals surface area contributed by atoms with E-state index < -0.39 is 17.7 Å². The summed E-state index contributed by atoms with van der Waals surface area (Å²) in [5.41, 5.74) is 1.01. The van der Waals surface area contributed by atoms with Crippen LogP contribution in [0.4, 0.5) is 25.0 Å². The molecule has 2 aromatic rings. The number of carbonyl (C=O) groups excluding carboxylic acids is 1. The number of rotatable bonds is 6. The molecule has 0 unspecified atom stereocenters. The molecule has 0 radical (unpaired) electrons. The van der Waals surface area contributed by atoms with Gasteiger partial charge >= 0.3 is 6.03 Å².